The first-order chi connectivity index (χ1) is 8.19. The van der Waals surface area contributed by atoms with E-state index >= 15 is 0 Å². The predicted octanol–water partition coefficient (Wildman–Crippen LogP) is 1.16. The summed E-state index contributed by atoms with van der Waals surface area (Å²) in [5, 5.41) is 20.7. The number of nitrogens with one attached hydrogen (secondary N) is 1. The van der Waals surface area contributed by atoms with Crippen LogP contribution in [-0.2, 0) is 11.2 Å². The highest BCUT2D eigenvalue weighted by atomic mass is 16.4. The zero-order valence-electron chi connectivity index (χ0n) is 9.39. The number of carbonyl (C=O) groups is 1. The van der Waals surface area contributed by atoms with Crippen LogP contribution in [0.1, 0.15) is 17.5 Å². The number of carboxylic acids is 1. The summed E-state index contributed by atoms with van der Waals surface area (Å²) in [4.78, 5) is 10.8. The summed E-state index contributed by atoms with van der Waals surface area (Å²) >= 11 is 0. The fourth-order valence-corrected chi connectivity index (χ4v) is 2.25. The Bertz CT molecular complexity index is 465. The van der Waals surface area contributed by atoms with Gasteiger partial charge in [0.15, 0.2) is 0 Å². The van der Waals surface area contributed by atoms with Crippen LogP contribution in [0, 0.1) is 17.2 Å². The Balaban J connectivity index is 1.98. The minimum Gasteiger partial charge on any atom is -0.480 e. The minimum absolute atomic E-state index is 0.338. The van der Waals surface area contributed by atoms with Gasteiger partial charge in [0.05, 0.1) is 11.6 Å². The summed E-state index contributed by atoms with van der Waals surface area (Å²) in [6.07, 6.45) is 1.48. The standard InChI is InChI=1S/C13H14N2O2/c14-7-10-3-1-2-9(4-10)5-11-6-12(13(16)17)15-8-11/h1-4,11-12,15H,5-6,8H2,(H,16,17)/t11-,12+/m0/s1. The number of hydrogen-bond acceptors (Lipinski definition) is 3. The van der Waals surface area contributed by atoms with Gasteiger partial charge in [0, 0.05) is 0 Å². The summed E-state index contributed by atoms with van der Waals surface area (Å²) in [5.41, 5.74) is 1.75. The van der Waals surface area contributed by atoms with Crippen LogP contribution in [0.3, 0.4) is 0 Å². The highest BCUT2D eigenvalue weighted by molar-refractivity contribution is 5.73. The normalized spacial score (nSPS) is 23.2. The number of carboxylic acid groups (broad SMARTS) is 1. The van der Waals surface area contributed by atoms with E-state index in [0.29, 0.717) is 17.9 Å². The monoisotopic (exact) mass is 230 g/mol. The van der Waals surface area contributed by atoms with Crippen molar-refractivity contribution in [2.24, 2.45) is 5.92 Å². The molecular weight excluding hydrogens is 216 g/mol. The SMILES string of the molecule is N#Cc1cccc(C[C@@H]2CN[C@@H](C(=O)O)C2)c1. The van der Waals surface area contributed by atoms with E-state index in [4.69, 9.17) is 10.4 Å². The van der Waals surface area contributed by atoms with Gasteiger partial charge in [0.2, 0.25) is 0 Å². The molecule has 0 spiro atoms. The van der Waals surface area contributed by atoms with Crippen molar-refractivity contribution in [2.75, 3.05) is 6.54 Å². The van der Waals surface area contributed by atoms with Crippen LogP contribution in [0.25, 0.3) is 0 Å². The zero-order valence-corrected chi connectivity index (χ0v) is 9.39. The van der Waals surface area contributed by atoms with E-state index in [9.17, 15) is 4.79 Å². The third-order valence-corrected chi connectivity index (χ3v) is 3.10. The summed E-state index contributed by atoms with van der Waals surface area (Å²) in [6, 6.07) is 9.18. The third kappa shape index (κ3) is 2.83. The van der Waals surface area contributed by atoms with E-state index in [0.717, 1.165) is 18.5 Å². The molecule has 1 heterocycles. The summed E-state index contributed by atoms with van der Waals surface area (Å²) in [7, 11) is 0. The molecule has 1 saturated heterocycles. The van der Waals surface area contributed by atoms with E-state index < -0.39 is 12.0 Å². The van der Waals surface area contributed by atoms with E-state index in [-0.39, 0.29) is 0 Å². The number of nitriles is 1. The van der Waals surface area contributed by atoms with Crippen molar-refractivity contribution in [3.63, 3.8) is 0 Å². The second kappa shape index (κ2) is 4.98. The number of hydrogen-bond donors (Lipinski definition) is 2. The molecular formula is C13H14N2O2. The fourth-order valence-electron chi connectivity index (χ4n) is 2.25. The number of benzene rings is 1. The van der Waals surface area contributed by atoms with Crippen molar-refractivity contribution in [3.8, 4) is 6.07 Å². The van der Waals surface area contributed by atoms with Crippen molar-refractivity contribution in [1.82, 2.24) is 5.32 Å². The lowest BCUT2D eigenvalue weighted by Crippen LogP contribution is -2.29. The van der Waals surface area contributed by atoms with E-state index in [2.05, 4.69) is 11.4 Å². The van der Waals surface area contributed by atoms with Crippen LogP contribution >= 0.6 is 0 Å². The molecule has 17 heavy (non-hydrogen) atoms. The van der Waals surface area contributed by atoms with Crippen LogP contribution in [0.2, 0.25) is 0 Å². The summed E-state index contributed by atoms with van der Waals surface area (Å²) < 4.78 is 0. The van der Waals surface area contributed by atoms with E-state index in [1.165, 1.54) is 0 Å². The van der Waals surface area contributed by atoms with Gasteiger partial charge in [0.1, 0.15) is 6.04 Å². The highest BCUT2D eigenvalue weighted by Gasteiger charge is 2.28. The zero-order chi connectivity index (χ0) is 12.3. The molecule has 1 aliphatic rings. The largest absolute Gasteiger partial charge is 0.480 e. The fraction of sp³-hybridized carbons (Fsp3) is 0.385. The second-order valence-corrected chi connectivity index (χ2v) is 4.42. The van der Waals surface area contributed by atoms with Gasteiger partial charge >= 0.3 is 5.97 Å². The number of aliphatic carboxylic acids is 1. The summed E-state index contributed by atoms with van der Waals surface area (Å²) in [6.45, 7) is 0.730. The molecule has 0 saturated carbocycles. The van der Waals surface area contributed by atoms with Crippen molar-refractivity contribution >= 4 is 5.97 Å². The molecule has 0 bridgehead atoms. The van der Waals surface area contributed by atoms with Gasteiger partial charge in [-0.05, 0) is 43.0 Å². The van der Waals surface area contributed by atoms with Gasteiger partial charge in [0.25, 0.3) is 0 Å². The average molecular weight is 230 g/mol. The Hall–Kier alpha value is -1.86. The van der Waals surface area contributed by atoms with Crippen molar-refractivity contribution in [2.45, 2.75) is 18.9 Å². The molecule has 0 amide bonds. The Morgan fingerprint density at radius 1 is 1.59 bits per heavy atom. The van der Waals surface area contributed by atoms with Crippen LogP contribution in [0.4, 0.5) is 0 Å². The molecule has 1 aliphatic heterocycles. The highest BCUT2D eigenvalue weighted by Crippen LogP contribution is 2.19. The van der Waals surface area contributed by atoms with E-state index in [1.807, 2.05) is 18.2 Å². The number of rotatable bonds is 3. The van der Waals surface area contributed by atoms with Gasteiger partial charge in [-0.25, -0.2) is 0 Å². The van der Waals surface area contributed by atoms with E-state index in [1.54, 1.807) is 6.07 Å². The molecule has 1 fully saturated rings. The van der Waals surface area contributed by atoms with Crippen LogP contribution in [0.15, 0.2) is 24.3 Å². The molecule has 2 rings (SSSR count). The molecule has 2 N–H and O–H groups in total. The first-order valence-electron chi connectivity index (χ1n) is 5.64. The van der Waals surface area contributed by atoms with Gasteiger partial charge in [-0.15, -0.1) is 0 Å². The lowest BCUT2D eigenvalue weighted by molar-refractivity contribution is -0.139. The van der Waals surface area contributed by atoms with Gasteiger partial charge < -0.3 is 10.4 Å². The maximum atomic E-state index is 10.8. The minimum atomic E-state index is -0.779. The van der Waals surface area contributed by atoms with Gasteiger partial charge in [-0.1, -0.05) is 12.1 Å². The van der Waals surface area contributed by atoms with Gasteiger partial charge in [-0.2, -0.15) is 5.26 Å². The molecule has 0 aromatic heterocycles. The summed E-state index contributed by atoms with van der Waals surface area (Å²) in [5.74, 6) is -0.441. The Morgan fingerprint density at radius 2 is 2.41 bits per heavy atom. The molecule has 4 nitrogen and oxygen atoms in total. The average Bonchev–Trinajstić information content (AvgIpc) is 2.78. The number of nitrogens with zero attached hydrogens (tertiary/aromatic N) is 1. The molecule has 2 atom stereocenters. The Morgan fingerprint density at radius 3 is 3.06 bits per heavy atom. The molecule has 1 aromatic carbocycles. The smallest absolute Gasteiger partial charge is 0.320 e. The second-order valence-electron chi connectivity index (χ2n) is 4.42. The molecule has 0 radical (unpaired) electrons. The third-order valence-electron chi connectivity index (χ3n) is 3.10. The van der Waals surface area contributed by atoms with Crippen LogP contribution in [0.5, 0.6) is 0 Å². The molecule has 4 heteroatoms. The van der Waals surface area contributed by atoms with Crippen LogP contribution < -0.4 is 5.32 Å². The quantitative estimate of drug-likeness (QED) is 0.817. The Kier molecular flexibility index (Phi) is 3.40. The topological polar surface area (TPSA) is 73.1 Å². The van der Waals surface area contributed by atoms with Crippen LogP contribution in [-0.4, -0.2) is 23.7 Å². The maximum Gasteiger partial charge on any atom is 0.320 e. The Labute approximate surface area is 99.9 Å². The predicted molar refractivity (Wildman–Crippen MR) is 62.4 cm³/mol. The van der Waals surface area contributed by atoms with Crippen molar-refractivity contribution in [1.29, 1.82) is 5.26 Å². The molecule has 0 aliphatic carbocycles. The van der Waals surface area contributed by atoms with Crippen molar-refractivity contribution < 1.29 is 9.90 Å². The maximum absolute atomic E-state index is 10.8. The lowest BCUT2D eigenvalue weighted by atomic mass is 9.96. The first-order valence-corrected chi connectivity index (χ1v) is 5.64. The molecule has 1 aromatic rings. The first kappa shape index (κ1) is 11.6. The van der Waals surface area contributed by atoms with Crippen molar-refractivity contribution in [3.05, 3.63) is 35.4 Å². The lowest BCUT2D eigenvalue weighted by Gasteiger charge is -2.08. The van der Waals surface area contributed by atoms with Gasteiger partial charge in [-0.3, -0.25) is 4.79 Å². The molecule has 88 valence electrons. The molecule has 0 unspecified atom stereocenters.